The number of rotatable bonds is 10. The first-order valence-corrected chi connectivity index (χ1v) is 10.2. The predicted octanol–water partition coefficient (Wildman–Crippen LogP) is 3.75. The molecule has 29 heavy (non-hydrogen) atoms. The molecule has 0 saturated carbocycles. The van der Waals surface area contributed by atoms with Gasteiger partial charge in [0.2, 0.25) is 5.91 Å². The number of benzene rings is 2. The van der Waals surface area contributed by atoms with Crippen LogP contribution in [0, 0.1) is 6.92 Å². The minimum Gasteiger partial charge on any atom is -0.484 e. The summed E-state index contributed by atoms with van der Waals surface area (Å²) in [6, 6.07) is 17.0. The molecule has 1 N–H and O–H groups in total. The Hall–Kier alpha value is -2.82. The zero-order valence-corrected chi connectivity index (χ0v) is 17.9. The Morgan fingerprint density at radius 1 is 1.07 bits per heavy atom. The van der Waals surface area contributed by atoms with E-state index in [2.05, 4.69) is 5.32 Å². The third-order valence-electron chi connectivity index (χ3n) is 5.00. The highest BCUT2D eigenvalue weighted by Crippen LogP contribution is 2.13. The maximum Gasteiger partial charge on any atom is 0.261 e. The van der Waals surface area contributed by atoms with Crippen LogP contribution >= 0.6 is 0 Å². The van der Waals surface area contributed by atoms with Crippen LogP contribution in [-0.2, 0) is 16.0 Å². The average Bonchev–Trinajstić information content (AvgIpc) is 2.72. The van der Waals surface area contributed by atoms with E-state index in [4.69, 9.17) is 4.74 Å². The monoisotopic (exact) mass is 396 g/mol. The number of carbonyl (C=O) groups is 2. The third-order valence-corrected chi connectivity index (χ3v) is 5.00. The van der Waals surface area contributed by atoms with Crippen LogP contribution in [0.25, 0.3) is 0 Å². The van der Waals surface area contributed by atoms with Crippen molar-refractivity contribution in [1.82, 2.24) is 10.2 Å². The molecule has 2 aromatic rings. The van der Waals surface area contributed by atoms with Crippen LogP contribution in [0.4, 0.5) is 0 Å². The lowest BCUT2D eigenvalue weighted by molar-refractivity contribution is -0.141. The second kappa shape index (κ2) is 11.2. The number of carbonyl (C=O) groups excluding carboxylic acids is 2. The number of hydrogen-bond donors (Lipinski definition) is 1. The van der Waals surface area contributed by atoms with Gasteiger partial charge < -0.3 is 15.0 Å². The van der Waals surface area contributed by atoms with Crippen LogP contribution in [0.3, 0.4) is 0 Å². The van der Waals surface area contributed by atoms with Crippen molar-refractivity contribution in [2.24, 2.45) is 0 Å². The normalized spacial score (nSPS) is 12.7. The van der Waals surface area contributed by atoms with Gasteiger partial charge in [-0.1, -0.05) is 49.4 Å². The number of nitrogens with one attached hydrogen (secondary N) is 1. The largest absolute Gasteiger partial charge is 0.484 e. The topological polar surface area (TPSA) is 58.6 Å². The summed E-state index contributed by atoms with van der Waals surface area (Å²) in [7, 11) is 0. The Labute approximate surface area is 174 Å². The molecule has 0 aliphatic rings. The lowest BCUT2D eigenvalue weighted by Crippen LogP contribution is -2.51. The minimum absolute atomic E-state index is 0.0690. The van der Waals surface area contributed by atoms with Gasteiger partial charge in [0.15, 0.2) is 6.61 Å². The van der Waals surface area contributed by atoms with Crippen LogP contribution in [-0.4, -0.2) is 41.9 Å². The highest BCUT2D eigenvalue weighted by Gasteiger charge is 2.26. The molecule has 0 fully saturated rings. The summed E-state index contributed by atoms with van der Waals surface area (Å²) in [5.41, 5.74) is 2.19. The van der Waals surface area contributed by atoms with Crippen molar-refractivity contribution in [2.45, 2.75) is 52.6 Å². The summed E-state index contributed by atoms with van der Waals surface area (Å²) < 4.78 is 5.69. The summed E-state index contributed by atoms with van der Waals surface area (Å²) >= 11 is 0. The molecule has 0 aromatic heterocycles. The summed E-state index contributed by atoms with van der Waals surface area (Å²) in [4.78, 5) is 27.2. The SMILES string of the molecule is CCC(C)NC(=O)C(C)N(CCc1ccccc1)C(=O)COc1cccc(C)c1. The van der Waals surface area contributed by atoms with Gasteiger partial charge in [0.25, 0.3) is 5.91 Å². The molecule has 5 heteroatoms. The van der Waals surface area contributed by atoms with E-state index in [1.807, 2.05) is 75.4 Å². The van der Waals surface area contributed by atoms with Crippen LogP contribution in [0.5, 0.6) is 5.75 Å². The Morgan fingerprint density at radius 2 is 1.79 bits per heavy atom. The molecular weight excluding hydrogens is 364 g/mol. The van der Waals surface area contributed by atoms with Gasteiger partial charge in [-0.05, 0) is 56.9 Å². The molecule has 0 heterocycles. The number of aryl methyl sites for hydroxylation is 1. The molecule has 0 bridgehead atoms. The molecule has 0 saturated heterocycles. The Bertz CT molecular complexity index is 792. The highest BCUT2D eigenvalue weighted by atomic mass is 16.5. The minimum atomic E-state index is -0.568. The zero-order valence-electron chi connectivity index (χ0n) is 17.9. The fraction of sp³-hybridized carbons (Fsp3) is 0.417. The molecule has 0 aliphatic carbocycles. The molecular formula is C24H32N2O3. The van der Waals surface area contributed by atoms with Crippen LogP contribution in [0.2, 0.25) is 0 Å². The first-order valence-electron chi connectivity index (χ1n) is 10.2. The fourth-order valence-electron chi connectivity index (χ4n) is 2.97. The molecule has 0 aliphatic heterocycles. The predicted molar refractivity (Wildman–Crippen MR) is 116 cm³/mol. The molecule has 0 spiro atoms. The summed E-state index contributed by atoms with van der Waals surface area (Å²) in [5.74, 6) is 0.309. The molecule has 2 unspecified atom stereocenters. The van der Waals surface area contributed by atoms with Gasteiger partial charge in [0.1, 0.15) is 11.8 Å². The van der Waals surface area contributed by atoms with Crippen molar-refractivity contribution in [1.29, 1.82) is 0 Å². The second-order valence-corrected chi connectivity index (χ2v) is 7.42. The van der Waals surface area contributed by atoms with Gasteiger partial charge in [0, 0.05) is 12.6 Å². The van der Waals surface area contributed by atoms with Crippen LogP contribution < -0.4 is 10.1 Å². The number of amides is 2. The lowest BCUT2D eigenvalue weighted by Gasteiger charge is -2.29. The molecule has 2 amide bonds. The standard InChI is InChI=1S/C24H32N2O3/c1-5-19(3)25-24(28)20(4)26(15-14-21-11-7-6-8-12-21)23(27)17-29-22-13-9-10-18(2)16-22/h6-13,16,19-20H,5,14-15,17H2,1-4H3,(H,25,28). The molecule has 2 rings (SSSR count). The maximum atomic E-state index is 12.9. The number of ether oxygens (including phenoxy) is 1. The Balaban J connectivity index is 2.07. The van der Waals surface area contributed by atoms with E-state index >= 15 is 0 Å². The molecule has 156 valence electrons. The second-order valence-electron chi connectivity index (χ2n) is 7.42. The van der Waals surface area contributed by atoms with Crippen molar-refractivity contribution < 1.29 is 14.3 Å². The smallest absolute Gasteiger partial charge is 0.261 e. The highest BCUT2D eigenvalue weighted by molar-refractivity contribution is 5.88. The van der Waals surface area contributed by atoms with Crippen molar-refractivity contribution in [3.8, 4) is 5.75 Å². The quantitative estimate of drug-likeness (QED) is 0.665. The van der Waals surface area contributed by atoms with Gasteiger partial charge in [-0.3, -0.25) is 9.59 Å². The van der Waals surface area contributed by atoms with Gasteiger partial charge in [-0.25, -0.2) is 0 Å². The molecule has 2 atom stereocenters. The molecule has 0 radical (unpaired) electrons. The van der Waals surface area contributed by atoms with Gasteiger partial charge in [-0.2, -0.15) is 0 Å². The van der Waals surface area contributed by atoms with Crippen LogP contribution in [0.15, 0.2) is 54.6 Å². The number of hydrogen-bond acceptors (Lipinski definition) is 3. The van der Waals surface area contributed by atoms with Gasteiger partial charge >= 0.3 is 0 Å². The molecule has 2 aromatic carbocycles. The van der Waals surface area contributed by atoms with E-state index in [1.54, 1.807) is 11.8 Å². The van der Waals surface area contributed by atoms with Gasteiger partial charge in [-0.15, -0.1) is 0 Å². The summed E-state index contributed by atoms with van der Waals surface area (Å²) in [6.07, 6.45) is 1.52. The Morgan fingerprint density at radius 3 is 2.45 bits per heavy atom. The first-order chi connectivity index (χ1) is 13.9. The average molecular weight is 397 g/mol. The fourth-order valence-corrected chi connectivity index (χ4v) is 2.97. The third kappa shape index (κ3) is 7.26. The lowest BCUT2D eigenvalue weighted by atomic mass is 10.1. The first kappa shape index (κ1) is 22.5. The zero-order chi connectivity index (χ0) is 21.2. The van der Waals surface area contributed by atoms with Crippen molar-refractivity contribution >= 4 is 11.8 Å². The number of nitrogens with zero attached hydrogens (tertiary/aromatic N) is 1. The Kier molecular flexibility index (Phi) is 8.71. The van der Waals surface area contributed by atoms with E-state index in [1.165, 1.54) is 0 Å². The van der Waals surface area contributed by atoms with Crippen molar-refractivity contribution in [3.63, 3.8) is 0 Å². The van der Waals surface area contributed by atoms with E-state index in [0.717, 1.165) is 17.5 Å². The summed E-state index contributed by atoms with van der Waals surface area (Å²) in [6.45, 7) is 8.08. The van der Waals surface area contributed by atoms with Crippen molar-refractivity contribution in [3.05, 3.63) is 65.7 Å². The van der Waals surface area contributed by atoms with Crippen molar-refractivity contribution in [2.75, 3.05) is 13.2 Å². The van der Waals surface area contributed by atoms with E-state index in [9.17, 15) is 9.59 Å². The van der Waals surface area contributed by atoms with Crippen LogP contribution in [0.1, 0.15) is 38.3 Å². The molecule has 5 nitrogen and oxygen atoms in total. The summed E-state index contributed by atoms with van der Waals surface area (Å²) in [5, 5.41) is 2.97. The van der Waals surface area contributed by atoms with E-state index < -0.39 is 6.04 Å². The van der Waals surface area contributed by atoms with Gasteiger partial charge in [0.05, 0.1) is 0 Å². The van der Waals surface area contributed by atoms with E-state index in [0.29, 0.717) is 18.7 Å². The van der Waals surface area contributed by atoms with E-state index in [-0.39, 0.29) is 24.5 Å². The maximum absolute atomic E-state index is 12.9.